The van der Waals surface area contributed by atoms with Crippen LogP contribution < -0.4 is 5.32 Å². The number of aliphatic hydroxyl groups excluding tert-OH is 1. The van der Waals surface area contributed by atoms with Crippen molar-refractivity contribution >= 4 is 0 Å². The van der Waals surface area contributed by atoms with Crippen LogP contribution in [0, 0.1) is 11.3 Å². The summed E-state index contributed by atoms with van der Waals surface area (Å²) in [5, 5.41) is 13.0. The van der Waals surface area contributed by atoms with E-state index in [1.165, 1.54) is 12.8 Å². The number of hydrogen-bond acceptors (Lipinski definition) is 3. The van der Waals surface area contributed by atoms with Crippen LogP contribution >= 0.6 is 0 Å². The van der Waals surface area contributed by atoms with Crippen LogP contribution in [0.1, 0.15) is 33.1 Å². The van der Waals surface area contributed by atoms with Gasteiger partial charge < -0.3 is 15.3 Å². The monoisotopic (exact) mass is 226 g/mol. The number of hydrogen-bond donors (Lipinski definition) is 2. The standard InChI is InChI=1S/C13H26N2O/c1-13(2)6-4-10(12(13)14-3)8-15-7-5-11(16)9-15/h10-12,14,16H,4-9H2,1-3H3. The Labute approximate surface area is 99.2 Å². The summed E-state index contributed by atoms with van der Waals surface area (Å²) in [4.78, 5) is 2.43. The van der Waals surface area contributed by atoms with Crippen molar-refractivity contribution in [1.29, 1.82) is 0 Å². The van der Waals surface area contributed by atoms with E-state index in [1.807, 2.05) is 0 Å². The molecule has 3 nitrogen and oxygen atoms in total. The van der Waals surface area contributed by atoms with Gasteiger partial charge in [-0.05, 0) is 37.6 Å². The molecule has 3 heteroatoms. The van der Waals surface area contributed by atoms with Crippen molar-refractivity contribution in [3.8, 4) is 0 Å². The van der Waals surface area contributed by atoms with Crippen molar-refractivity contribution in [2.75, 3.05) is 26.7 Å². The number of nitrogens with one attached hydrogen (secondary N) is 1. The summed E-state index contributed by atoms with van der Waals surface area (Å²) in [6.07, 6.45) is 3.52. The summed E-state index contributed by atoms with van der Waals surface area (Å²) in [5.41, 5.74) is 0.428. The molecule has 0 aromatic heterocycles. The van der Waals surface area contributed by atoms with Crippen LogP contribution in [-0.4, -0.2) is 48.8 Å². The van der Waals surface area contributed by atoms with E-state index in [0.717, 1.165) is 32.0 Å². The molecule has 2 aliphatic rings. The first-order valence-electron chi connectivity index (χ1n) is 6.60. The minimum absolute atomic E-state index is 0.0811. The summed E-state index contributed by atoms with van der Waals surface area (Å²) in [6, 6.07) is 0.630. The molecule has 0 amide bonds. The molecule has 2 rings (SSSR count). The molecule has 2 fully saturated rings. The maximum Gasteiger partial charge on any atom is 0.0679 e. The van der Waals surface area contributed by atoms with Crippen molar-refractivity contribution < 1.29 is 5.11 Å². The number of β-amino-alcohol motifs (C(OH)–C–C–N with tert-alkyl or cyclic N) is 1. The fraction of sp³-hybridized carbons (Fsp3) is 1.00. The minimum Gasteiger partial charge on any atom is -0.392 e. The lowest BCUT2D eigenvalue weighted by Crippen LogP contribution is -2.43. The molecule has 94 valence electrons. The summed E-state index contributed by atoms with van der Waals surface area (Å²) < 4.78 is 0. The predicted octanol–water partition coefficient (Wildman–Crippen LogP) is 1.08. The van der Waals surface area contributed by atoms with Crippen LogP contribution in [0.3, 0.4) is 0 Å². The molecule has 1 aliphatic heterocycles. The topological polar surface area (TPSA) is 35.5 Å². The van der Waals surface area contributed by atoms with Gasteiger partial charge in [-0.2, -0.15) is 0 Å². The lowest BCUT2D eigenvalue weighted by atomic mass is 9.85. The molecule has 0 spiro atoms. The number of aliphatic hydroxyl groups is 1. The van der Waals surface area contributed by atoms with Crippen LogP contribution in [0.2, 0.25) is 0 Å². The molecule has 16 heavy (non-hydrogen) atoms. The molecule has 3 unspecified atom stereocenters. The van der Waals surface area contributed by atoms with Crippen LogP contribution in [0.5, 0.6) is 0 Å². The molecule has 2 N–H and O–H groups in total. The fourth-order valence-electron chi connectivity index (χ4n) is 3.65. The molecular formula is C13H26N2O. The van der Waals surface area contributed by atoms with Crippen molar-refractivity contribution in [3.05, 3.63) is 0 Å². The number of likely N-dealkylation sites (tertiary alicyclic amines) is 1. The van der Waals surface area contributed by atoms with Crippen molar-refractivity contribution in [2.24, 2.45) is 11.3 Å². The van der Waals surface area contributed by atoms with Crippen molar-refractivity contribution in [3.63, 3.8) is 0 Å². The van der Waals surface area contributed by atoms with Gasteiger partial charge in [-0.25, -0.2) is 0 Å². The SMILES string of the molecule is CNC1C(CN2CCC(O)C2)CCC1(C)C. The van der Waals surface area contributed by atoms with Gasteiger partial charge in [0.2, 0.25) is 0 Å². The minimum atomic E-state index is -0.0811. The lowest BCUT2D eigenvalue weighted by molar-refractivity contribution is 0.161. The molecule has 1 heterocycles. The summed E-state index contributed by atoms with van der Waals surface area (Å²) in [5.74, 6) is 0.755. The average molecular weight is 226 g/mol. The Morgan fingerprint density at radius 3 is 2.69 bits per heavy atom. The van der Waals surface area contributed by atoms with Gasteiger partial charge in [0, 0.05) is 25.7 Å². The molecule has 3 atom stereocenters. The first kappa shape index (κ1) is 12.3. The maximum atomic E-state index is 9.54. The highest BCUT2D eigenvalue weighted by molar-refractivity contribution is 4.97. The summed E-state index contributed by atoms with van der Waals surface area (Å²) >= 11 is 0. The van der Waals surface area contributed by atoms with Crippen LogP contribution in [0.4, 0.5) is 0 Å². The van der Waals surface area contributed by atoms with E-state index < -0.39 is 0 Å². The van der Waals surface area contributed by atoms with E-state index >= 15 is 0 Å². The molecule has 0 bridgehead atoms. The zero-order valence-corrected chi connectivity index (χ0v) is 10.9. The van der Waals surface area contributed by atoms with Gasteiger partial charge in [-0.1, -0.05) is 13.8 Å². The summed E-state index contributed by atoms with van der Waals surface area (Å²) in [6.45, 7) is 7.86. The largest absolute Gasteiger partial charge is 0.392 e. The Morgan fingerprint density at radius 2 is 2.12 bits per heavy atom. The van der Waals surface area contributed by atoms with Gasteiger partial charge in [-0.15, -0.1) is 0 Å². The normalized spacial score (nSPS) is 39.4. The van der Waals surface area contributed by atoms with Crippen LogP contribution in [0.25, 0.3) is 0 Å². The van der Waals surface area contributed by atoms with Gasteiger partial charge >= 0.3 is 0 Å². The first-order chi connectivity index (χ1) is 7.53. The highest BCUT2D eigenvalue weighted by Gasteiger charge is 2.41. The predicted molar refractivity (Wildman–Crippen MR) is 66.4 cm³/mol. The lowest BCUT2D eigenvalue weighted by Gasteiger charge is -2.32. The zero-order chi connectivity index (χ0) is 11.8. The zero-order valence-electron chi connectivity index (χ0n) is 10.9. The molecule has 1 saturated carbocycles. The molecule has 1 saturated heterocycles. The number of rotatable bonds is 3. The smallest absolute Gasteiger partial charge is 0.0679 e. The molecular weight excluding hydrogens is 200 g/mol. The first-order valence-corrected chi connectivity index (χ1v) is 6.60. The second kappa shape index (κ2) is 4.63. The van der Waals surface area contributed by atoms with E-state index in [1.54, 1.807) is 0 Å². The van der Waals surface area contributed by atoms with Gasteiger partial charge in [0.05, 0.1) is 6.10 Å². The highest BCUT2D eigenvalue weighted by atomic mass is 16.3. The Hall–Kier alpha value is -0.120. The third kappa shape index (κ3) is 2.41. The third-order valence-corrected chi connectivity index (χ3v) is 4.52. The average Bonchev–Trinajstić information content (AvgIpc) is 2.72. The quantitative estimate of drug-likeness (QED) is 0.756. The second-order valence-corrected chi connectivity index (χ2v) is 6.26. The fourth-order valence-corrected chi connectivity index (χ4v) is 3.65. The van der Waals surface area contributed by atoms with E-state index in [0.29, 0.717) is 11.5 Å². The van der Waals surface area contributed by atoms with Gasteiger partial charge in [0.25, 0.3) is 0 Å². The van der Waals surface area contributed by atoms with Gasteiger partial charge in [0.1, 0.15) is 0 Å². The Kier molecular flexibility index (Phi) is 3.57. The van der Waals surface area contributed by atoms with Crippen molar-refractivity contribution in [1.82, 2.24) is 10.2 Å². The van der Waals surface area contributed by atoms with Crippen molar-refractivity contribution in [2.45, 2.75) is 45.3 Å². The maximum absolute atomic E-state index is 9.54. The molecule has 0 aromatic carbocycles. The van der Waals surface area contributed by atoms with Gasteiger partial charge in [-0.3, -0.25) is 0 Å². The Morgan fingerprint density at radius 1 is 1.38 bits per heavy atom. The molecule has 0 radical (unpaired) electrons. The molecule has 1 aliphatic carbocycles. The van der Waals surface area contributed by atoms with E-state index in [2.05, 4.69) is 31.1 Å². The van der Waals surface area contributed by atoms with Crippen LogP contribution in [-0.2, 0) is 0 Å². The van der Waals surface area contributed by atoms with E-state index in [9.17, 15) is 5.11 Å². The van der Waals surface area contributed by atoms with Gasteiger partial charge in [0.15, 0.2) is 0 Å². The third-order valence-electron chi connectivity index (χ3n) is 4.52. The second-order valence-electron chi connectivity index (χ2n) is 6.26. The number of nitrogens with zero attached hydrogens (tertiary/aromatic N) is 1. The highest BCUT2D eigenvalue weighted by Crippen LogP contribution is 2.41. The Bertz CT molecular complexity index is 242. The van der Waals surface area contributed by atoms with E-state index in [-0.39, 0.29) is 6.10 Å². The Balaban J connectivity index is 1.90. The molecule has 0 aromatic rings. The van der Waals surface area contributed by atoms with Crippen LogP contribution in [0.15, 0.2) is 0 Å². The summed E-state index contributed by atoms with van der Waals surface area (Å²) in [7, 11) is 2.09. The van der Waals surface area contributed by atoms with E-state index in [4.69, 9.17) is 0 Å².